The van der Waals surface area contributed by atoms with Crippen LogP contribution in [0.1, 0.15) is 62.0 Å². The fourth-order valence-electron chi connectivity index (χ4n) is 6.89. The van der Waals surface area contributed by atoms with Gasteiger partial charge < -0.3 is 14.2 Å². The van der Waals surface area contributed by atoms with Crippen LogP contribution in [0.2, 0.25) is 5.02 Å². The summed E-state index contributed by atoms with van der Waals surface area (Å²) in [4.78, 5) is 43.1. The zero-order chi connectivity index (χ0) is 31.0. The fraction of sp³-hybridized carbons (Fsp3) is 0.515. The predicted octanol–water partition coefficient (Wildman–Crippen LogP) is 5.74. The standard InChI is InChI=1S/C33H40BrClN6O3/c1-33(2,3)44-32(43)41-14-13-39(20-28(41)31(42)40-11-4-5-22(19-40)18-38-12-10-36-21-38)30-27-9-8-26(35)16-23(27)6-7-24-15-25(34)17-37-29(24)30/h8-10,12,15-17,21-22,28,30H,4-7,11,13-14,18-20H2,1-3H3/t22-,28-,30?/m1/s1. The van der Waals surface area contributed by atoms with Gasteiger partial charge in [0.15, 0.2) is 0 Å². The molecule has 3 aromatic rings. The predicted molar refractivity (Wildman–Crippen MR) is 172 cm³/mol. The summed E-state index contributed by atoms with van der Waals surface area (Å²) >= 11 is 10.1. The van der Waals surface area contributed by atoms with Crippen LogP contribution in [-0.2, 0) is 28.9 Å². The summed E-state index contributed by atoms with van der Waals surface area (Å²) in [5, 5.41) is 0.709. The molecule has 6 rings (SSSR count). The summed E-state index contributed by atoms with van der Waals surface area (Å²) in [6.07, 6.45) is 10.6. The number of carbonyl (C=O) groups is 2. The summed E-state index contributed by atoms with van der Waals surface area (Å²) in [5.74, 6) is 0.300. The molecule has 3 atom stereocenters. The van der Waals surface area contributed by atoms with Gasteiger partial charge in [-0.3, -0.25) is 19.6 Å². The van der Waals surface area contributed by atoms with Gasteiger partial charge in [0, 0.05) is 67.4 Å². The summed E-state index contributed by atoms with van der Waals surface area (Å²) in [5.41, 5.74) is 3.83. The number of ether oxygens (including phenoxy) is 1. The summed E-state index contributed by atoms with van der Waals surface area (Å²) in [6.45, 7) is 9.06. The Morgan fingerprint density at radius 1 is 1.09 bits per heavy atom. The van der Waals surface area contributed by atoms with E-state index < -0.39 is 17.7 Å². The number of imidazole rings is 1. The van der Waals surface area contributed by atoms with E-state index in [-0.39, 0.29) is 11.9 Å². The van der Waals surface area contributed by atoms with Gasteiger partial charge in [0.05, 0.1) is 18.1 Å². The van der Waals surface area contributed by atoms with Crippen LogP contribution in [0.3, 0.4) is 0 Å². The van der Waals surface area contributed by atoms with Crippen molar-refractivity contribution in [1.29, 1.82) is 0 Å². The second-order valence-electron chi connectivity index (χ2n) is 13.2. The number of fused-ring (bicyclic) bond motifs is 2. The monoisotopic (exact) mass is 682 g/mol. The van der Waals surface area contributed by atoms with E-state index in [4.69, 9.17) is 21.3 Å². The van der Waals surface area contributed by atoms with Crippen LogP contribution < -0.4 is 0 Å². The van der Waals surface area contributed by atoms with E-state index in [1.165, 1.54) is 11.1 Å². The number of hydrogen-bond donors (Lipinski definition) is 0. The van der Waals surface area contributed by atoms with Crippen molar-refractivity contribution in [2.45, 2.75) is 70.7 Å². The highest BCUT2D eigenvalue weighted by atomic mass is 79.9. The molecule has 0 radical (unpaired) electrons. The van der Waals surface area contributed by atoms with Crippen LogP contribution in [0.4, 0.5) is 4.79 Å². The normalized spacial score (nSPS) is 22.6. The molecule has 0 bridgehead atoms. The number of aromatic nitrogens is 3. The first-order valence-electron chi connectivity index (χ1n) is 15.5. The topological polar surface area (TPSA) is 83.8 Å². The van der Waals surface area contributed by atoms with Gasteiger partial charge in [-0.15, -0.1) is 0 Å². The van der Waals surface area contributed by atoms with Crippen molar-refractivity contribution in [1.82, 2.24) is 29.2 Å². The van der Waals surface area contributed by atoms with Gasteiger partial charge in [0.25, 0.3) is 0 Å². The SMILES string of the molecule is CC(C)(C)OC(=O)N1CCN(C2c3ccc(Cl)cc3CCc3cc(Br)cnc32)C[C@@H]1C(=O)N1CCC[C@H](Cn2ccnc2)C1. The first kappa shape index (κ1) is 31.0. The Bertz CT molecular complexity index is 1460. The summed E-state index contributed by atoms with van der Waals surface area (Å²) < 4.78 is 8.85. The smallest absolute Gasteiger partial charge is 0.411 e. The molecule has 1 aliphatic carbocycles. The Labute approximate surface area is 272 Å². The van der Waals surface area contributed by atoms with E-state index >= 15 is 0 Å². The molecule has 2 aromatic heterocycles. The number of carbonyl (C=O) groups excluding carboxylic acids is 2. The fourth-order valence-corrected chi connectivity index (χ4v) is 7.46. The van der Waals surface area contributed by atoms with Crippen LogP contribution >= 0.6 is 27.5 Å². The number of likely N-dealkylation sites (tertiary alicyclic amines) is 1. The average molecular weight is 684 g/mol. The highest BCUT2D eigenvalue weighted by Crippen LogP contribution is 2.39. The van der Waals surface area contributed by atoms with Gasteiger partial charge in [-0.05, 0) is 103 Å². The minimum Gasteiger partial charge on any atom is -0.444 e. The lowest BCUT2D eigenvalue weighted by Crippen LogP contribution is -2.63. The molecule has 2 saturated heterocycles. The van der Waals surface area contributed by atoms with E-state index in [2.05, 4.69) is 48.6 Å². The number of amides is 2. The number of piperazine rings is 1. The van der Waals surface area contributed by atoms with Crippen molar-refractivity contribution in [2.75, 3.05) is 32.7 Å². The highest BCUT2D eigenvalue weighted by molar-refractivity contribution is 9.10. The minimum atomic E-state index is -0.677. The van der Waals surface area contributed by atoms with Gasteiger partial charge in [0.2, 0.25) is 5.91 Å². The van der Waals surface area contributed by atoms with Crippen LogP contribution in [-0.4, -0.2) is 85.6 Å². The molecule has 0 spiro atoms. The van der Waals surface area contributed by atoms with Crippen molar-refractivity contribution < 1.29 is 14.3 Å². The van der Waals surface area contributed by atoms with Crippen molar-refractivity contribution in [3.63, 3.8) is 0 Å². The third kappa shape index (κ3) is 6.82. The molecule has 234 valence electrons. The second kappa shape index (κ2) is 12.8. The van der Waals surface area contributed by atoms with Gasteiger partial charge in [-0.2, -0.15) is 0 Å². The molecule has 3 aliphatic rings. The Morgan fingerprint density at radius 3 is 2.68 bits per heavy atom. The van der Waals surface area contributed by atoms with Crippen LogP contribution in [0.15, 0.2) is 53.7 Å². The van der Waals surface area contributed by atoms with Gasteiger partial charge in [-0.25, -0.2) is 9.78 Å². The van der Waals surface area contributed by atoms with E-state index in [0.717, 1.165) is 48.0 Å². The van der Waals surface area contributed by atoms with E-state index in [0.29, 0.717) is 43.7 Å². The molecule has 2 amide bonds. The van der Waals surface area contributed by atoms with Gasteiger partial charge in [-0.1, -0.05) is 17.7 Å². The summed E-state index contributed by atoms with van der Waals surface area (Å²) in [7, 11) is 0. The molecule has 2 aliphatic heterocycles. The number of benzene rings is 1. The largest absolute Gasteiger partial charge is 0.444 e. The number of hydrogen-bond acceptors (Lipinski definition) is 6. The molecule has 1 unspecified atom stereocenters. The van der Waals surface area contributed by atoms with Crippen LogP contribution in [0, 0.1) is 5.92 Å². The number of aryl methyl sites for hydroxylation is 2. The lowest BCUT2D eigenvalue weighted by Gasteiger charge is -2.46. The molecule has 9 nitrogen and oxygen atoms in total. The van der Waals surface area contributed by atoms with Gasteiger partial charge in [0.1, 0.15) is 11.6 Å². The number of pyridine rings is 1. The molecule has 0 N–H and O–H groups in total. The Morgan fingerprint density at radius 2 is 1.91 bits per heavy atom. The van der Waals surface area contributed by atoms with Gasteiger partial charge >= 0.3 is 6.09 Å². The molecule has 44 heavy (non-hydrogen) atoms. The quantitative estimate of drug-likeness (QED) is 0.349. The van der Waals surface area contributed by atoms with Crippen LogP contribution in [0.5, 0.6) is 0 Å². The zero-order valence-corrected chi connectivity index (χ0v) is 27.9. The second-order valence-corrected chi connectivity index (χ2v) is 14.5. The van der Waals surface area contributed by atoms with Crippen molar-refractivity contribution in [3.05, 3.63) is 81.1 Å². The molecule has 1 aromatic carbocycles. The number of nitrogens with zero attached hydrogens (tertiary/aromatic N) is 6. The molecule has 0 saturated carbocycles. The zero-order valence-electron chi connectivity index (χ0n) is 25.6. The maximum Gasteiger partial charge on any atom is 0.411 e. The maximum absolute atomic E-state index is 14.4. The third-order valence-electron chi connectivity index (χ3n) is 8.84. The van der Waals surface area contributed by atoms with Crippen molar-refractivity contribution in [3.8, 4) is 0 Å². The number of piperidine rings is 1. The summed E-state index contributed by atoms with van der Waals surface area (Å²) in [6, 6.07) is 7.40. The Hall–Kier alpha value is -2.95. The third-order valence-corrected chi connectivity index (χ3v) is 9.51. The first-order valence-corrected chi connectivity index (χ1v) is 16.6. The molecular weight excluding hydrogens is 644 g/mol. The Balaban J connectivity index is 1.32. The Kier molecular flexibility index (Phi) is 9.04. The van der Waals surface area contributed by atoms with Crippen molar-refractivity contribution >= 4 is 39.5 Å². The first-order chi connectivity index (χ1) is 21.1. The van der Waals surface area contributed by atoms with E-state index in [9.17, 15) is 9.59 Å². The molecular formula is C33H40BrClN6O3. The lowest BCUT2D eigenvalue weighted by molar-refractivity contribution is -0.141. The minimum absolute atomic E-state index is 0.0233. The number of halogens is 2. The number of rotatable bonds is 4. The van der Waals surface area contributed by atoms with Crippen molar-refractivity contribution in [2.24, 2.45) is 5.92 Å². The van der Waals surface area contributed by atoms with E-state index in [1.807, 2.05) is 50.5 Å². The highest BCUT2D eigenvalue weighted by Gasteiger charge is 2.43. The molecule has 11 heteroatoms. The maximum atomic E-state index is 14.4. The molecule has 2 fully saturated rings. The van der Waals surface area contributed by atoms with E-state index in [1.54, 1.807) is 11.1 Å². The van der Waals surface area contributed by atoms with Crippen LogP contribution in [0.25, 0.3) is 0 Å². The molecule has 4 heterocycles. The average Bonchev–Trinajstić information content (AvgIpc) is 3.44. The lowest BCUT2D eigenvalue weighted by atomic mass is 9.94.